The first-order valence-corrected chi connectivity index (χ1v) is 18.2. The Bertz CT molecular complexity index is 2800. The number of nitrogens with zero attached hydrogens (tertiary/aromatic N) is 3. The number of phenols is 1. The summed E-state index contributed by atoms with van der Waals surface area (Å²) < 4.78 is 34.5. The summed E-state index contributed by atoms with van der Waals surface area (Å²) in [6.45, 7) is 8.17. The topological polar surface area (TPSA) is 50.9 Å². The van der Waals surface area contributed by atoms with Crippen LogP contribution in [0, 0.1) is 12.9 Å². The van der Waals surface area contributed by atoms with E-state index in [4.69, 9.17) is 15.5 Å². The number of hydrogen-bond donors (Lipinski definition) is 1. The van der Waals surface area contributed by atoms with Crippen molar-refractivity contribution >= 4 is 11.0 Å². The zero-order valence-electron chi connectivity index (χ0n) is 35.5. The number of phenolic OH excluding ortho intramolecular Hbond substituents is 1. The molecule has 0 atom stereocenters. The van der Waals surface area contributed by atoms with Crippen molar-refractivity contribution < 1.29 is 31.7 Å². The normalized spacial score (nSPS) is 13.0. The summed E-state index contributed by atoms with van der Waals surface area (Å²) in [5, 5.41) is 11.3. The summed E-state index contributed by atoms with van der Waals surface area (Å²) in [5.41, 5.74) is 12.1. The van der Waals surface area contributed by atoms with Gasteiger partial charge in [0.2, 0.25) is 0 Å². The molecular formula is C50H44N3OPt-. The maximum Gasteiger partial charge on any atom is 0.148 e. The van der Waals surface area contributed by atoms with E-state index in [2.05, 4.69) is 79.9 Å². The van der Waals surface area contributed by atoms with Crippen LogP contribution in [-0.4, -0.2) is 19.6 Å². The molecule has 0 unspecified atom stereocenters. The van der Waals surface area contributed by atoms with Crippen LogP contribution >= 0.6 is 0 Å². The van der Waals surface area contributed by atoms with E-state index in [1.807, 2.05) is 80.6 Å². The van der Waals surface area contributed by atoms with Gasteiger partial charge in [-0.2, -0.15) is 0 Å². The molecule has 55 heavy (non-hydrogen) atoms. The molecule has 0 saturated heterocycles. The van der Waals surface area contributed by atoms with Crippen LogP contribution < -0.4 is 0 Å². The first-order valence-electron chi connectivity index (χ1n) is 20.2. The van der Waals surface area contributed by atoms with Gasteiger partial charge in [-0.05, 0) is 82.4 Å². The monoisotopic (exact) mass is 901 g/mol. The molecule has 2 heterocycles. The van der Waals surface area contributed by atoms with Crippen molar-refractivity contribution in [3.8, 4) is 67.5 Å². The minimum Gasteiger partial charge on any atom is -0.507 e. The molecule has 5 heteroatoms. The van der Waals surface area contributed by atoms with Crippen molar-refractivity contribution in [1.82, 2.24) is 14.5 Å². The summed E-state index contributed by atoms with van der Waals surface area (Å²) in [5.74, 6) is -0.199. The molecule has 4 nitrogen and oxygen atoms in total. The molecule has 276 valence electrons. The Labute approximate surface area is 344 Å². The largest absolute Gasteiger partial charge is 0.507 e. The summed E-state index contributed by atoms with van der Waals surface area (Å²) in [7, 11) is 0. The minimum atomic E-state index is -2.17. The molecule has 0 radical (unpaired) electrons. The molecular weight excluding hydrogens is 854 g/mol. The first-order chi connectivity index (χ1) is 27.5. The van der Waals surface area contributed by atoms with E-state index in [1.54, 1.807) is 30.5 Å². The summed E-state index contributed by atoms with van der Waals surface area (Å²) in [6, 6.07) is 48.8. The van der Waals surface area contributed by atoms with Crippen LogP contribution in [0.25, 0.3) is 72.7 Å². The van der Waals surface area contributed by atoms with Gasteiger partial charge < -0.3 is 5.11 Å². The van der Waals surface area contributed by atoms with Crippen molar-refractivity contribution in [3.63, 3.8) is 0 Å². The Kier molecular flexibility index (Phi) is 9.12. The van der Waals surface area contributed by atoms with Crippen molar-refractivity contribution in [2.45, 2.75) is 52.8 Å². The number of para-hydroxylation sites is 2. The number of pyridine rings is 1. The Balaban J connectivity index is 0.00000528. The van der Waals surface area contributed by atoms with Crippen molar-refractivity contribution in [2.24, 2.45) is 0 Å². The zero-order chi connectivity index (χ0) is 41.0. The summed E-state index contributed by atoms with van der Waals surface area (Å²) in [4.78, 5) is 10.1. The molecule has 0 aliphatic rings. The number of aromatic hydroxyl groups is 1. The van der Waals surface area contributed by atoms with E-state index < -0.39 is 12.7 Å². The van der Waals surface area contributed by atoms with Crippen LogP contribution in [0.2, 0.25) is 0 Å². The predicted molar refractivity (Wildman–Crippen MR) is 224 cm³/mol. The van der Waals surface area contributed by atoms with Gasteiger partial charge in [0, 0.05) is 44.1 Å². The van der Waals surface area contributed by atoms with E-state index >= 15 is 0 Å². The molecule has 6 aromatic carbocycles. The average Bonchev–Trinajstić information content (AvgIpc) is 3.60. The van der Waals surface area contributed by atoms with E-state index in [0.717, 1.165) is 72.5 Å². The Morgan fingerprint density at radius 3 is 2.15 bits per heavy atom. The standard InChI is InChI=1S/C50H44N3O.Pt/c1-32(2)37-25-38(34-13-8-7-9-14-34)30-42(29-37)53-46-17-12-16-43(48(46)52-49(53)44-15-10-11-18-47(44)54)39-26-40(28-41(27-39)50(4,5)6)45-31-36(23-24-51-45)35-21-19-33(3)20-22-35;/h7-25,27-32,54H,1-6H3;/q-1;/i3D3,32D;. The molecule has 0 spiro atoms. The minimum absolute atomic E-state index is 0. The second-order valence-corrected chi connectivity index (χ2v) is 15.0. The maximum atomic E-state index is 11.3. The molecule has 0 fully saturated rings. The molecule has 1 N–H and O–H groups in total. The number of fused-ring (bicyclic) bond motifs is 1. The molecule has 8 rings (SSSR count). The van der Waals surface area contributed by atoms with Crippen LogP contribution in [0.3, 0.4) is 0 Å². The molecule has 0 aliphatic heterocycles. The van der Waals surface area contributed by atoms with Gasteiger partial charge in [-0.3, -0.25) is 9.55 Å². The number of rotatable bonds is 7. The van der Waals surface area contributed by atoms with Gasteiger partial charge in [0.1, 0.15) is 11.6 Å². The third-order valence-corrected chi connectivity index (χ3v) is 9.97. The SMILES string of the molecule is [2H]C([2H])([2H])c1ccc(-c2ccnc(-c3[c-]c(-c4cccc5c4nc(-c4ccccc4O)n5-c4cc(-c5ccccc5)cc(C([2H])(C)C)c4)cc(C(C)(C)C)c3)c2)cc1.[Pt]. The molecule has 0 bridgehead atoms. The van der Waals surface area contributed by atoms with Gasteiger partial charge in [0.15, 0.2) is 0 Å². The average molecular weight is 902 g/mol. The second-order valence-electron chi connectivity index (χ2n) is 15.0. The predicted octanol–water partition coefficient (Wildman–Crippen LogP) is 13.0. The number of aryl methyl sites for hydroxylation is 1. The Morgan fingerprint density at radius 2 is 1.42 bits per heavy atom. The second kappa shape index (κ2) is 15.3. The smallest absolute Gasteiger partial charge is 0.148 e. The van der Waals surface area contributed by atoms with Gasteiger partial charge in [0.05, 0.1) is 16.6 Å². The van der Waals surface area contributed by atoms with E-state index in [-0.39, 0.29) is 32.2 Å². The van der Waals surface area contributed by atoms with Crippen LogP contribution in [-0.2, 0) is 26.5 Å². The Morgan fingerprint density at radius 1 is 0.709 bits per heavy atom. The molecule has 0 aliphatic carbocycles. The third-order valence-electron chi connectivity index (χ3n) is 9.97. The van der Waals surface area contributed by atoms with Crippen molar-refractivity contribution in [2.75, 3.05) is 0 Å². The van der Waals surface area contributed by atoms with Crippen molar-refractivity contribution in [3.05, 3.63) is 168 Å². The zero-order valence-corrected chi connectivity index (χ0v) is 33.7. The third kappa shape index (κ3) is 7.57. The fraction of sp³-hybridized carbons (Fsp3) is 0.160. The quantitative estimate of drug-likeness (QED) is 0.162. The van der Waals surface area contributed by atoms with Gasteiger partial charge in [-0.25, -0.2) is 4.98 Å². The fourth-order valence-corrected chi connectivity index (χ4v) is 6.95. The van der Waals surface area contributed by atoms with Crippen LogP contribution in [0.4, 0.5) is 0 Å². The van der Waals surface area contributed by atoms with E-state index in [9.17, 15) is 5.11 Å². The van der Waals surface area contributed by atoms with E-state index in [1.165, 1.54) is 0 Å². The van der Waals surface area contributed by atoms with Gasteiger partial charge >= 0.3 is 0 Å². The maximum absolute atomic E-state index is 11.3. The fourth-order valence-electron chi connectivity index (χ4n) is 6.95. The van der Waals surface area contributed by atoms with E-state index in [0.29, 0.717) is 17.0 Å². The van der Waals surface area contributed by atoms with Gasteiger partial charge in [-0.1, -0.05) is 142 Å². The van der Waals surface area contributed by atoms with Crippen molar-refractivity contribution in [1.29, 1.82) is 0 Å². The van der Waals surface area contributed by atoms with Crippen LogP contribution in [0.1, 0.15) is 62.7 Å². The summed E-state index contributed by atoms with van der Waals surface area (Å²) >= 11 is 0. The van der Waals surface area contributed by atoms with Gasteiger partial charge in [-0.15, -0.1) is 29.3 Å². The number of imidazole rings is 1. The number of aromatic nitrogens is 3. The molecule has 0 saturated carbocycles. The number of hydrogen-bond acceptors (Lipinski definition) is 3. The molecule has 2 aromatic heterocycles. The van der Waals surface area contributed by atoms with Crippen LogP contribution in [0.5, 0.6) is 5.75 Å². The number of benzene rings is 6. The molecule has 0 amide bonds. The summed E-state index contributed by atoms with van der Waals surface area (Å²) in [6.07, 6.45) is 1.77. The van der Waals surface area contributed by atoms with Crippen LogP contribution in [0.15, 0.2) is 146 Å². The Hall–Kier alpha value is -5.57. The van der Waals surface area contributed by atoms with Gasteiger partial charge in [0.25, 0.3) is 0 Å². The molecule has 8 aromatic rings. The first kappa shape index (κ1) is 32.8.